The monoisotopic (exact) mass is 380 g/mol. The molecular formula is C22H28N4O2. The van der Waals surface area contributed by atoms with E-state index in [4.69, 9.17) is 11.5 Å². The van der Waals surface area contributed by atoms with E-state index in [2.05, 4.69) is 10.3 Å². The predicted octanol–water partition coefficient (Wildman–Crippen LogP) is 2.12. The normalized spacial score (nSPS) is 17.6. The number of carbonyl (C=O) groups excluding carboxylic acids is 2. The fourth-order valence-corrected chi connectivity index (χ4v) is 3.78. The SMILES string of the molecule is C[C@H](NC(=O)[C@H](N)CCc1ccccc1)C(=O)C[C@@H]1CCc2c1ccnc2N. The summed E-state index contributed by atoms with van der Waals surface area (Å²) in [6.07, 6.45) is 5.07. The van der Waals surface area contributed by atoms with E-state index in [0.29, 0.717) is 18.7 Å². The number of nitrogens with zero attached hydrogens (tertiary/aromatic N) is 1. The van der Waals surface area contributed by atoms with Crippen LogP contribution in [0.3, 0.4) is 0 Å². The highest BCUT2D eigenvalue weighted by atomic mass is 16.2. The Morgan fingerprint density at radius 2 is 2.00 bits per heavy atom. The second kappa shape index (κ2) is 8.97. The van der Waals surface area contributed by atoms with Gasteiger partial charge in [0.15, 0.2) is 5.78 Å². The molecule has 1 amide bonds. The lowest BCUT2D eigenvalue weighted by Crippen LogP contribution is -2.47. The van der Waals surface area contributed by atoms with Crippen molar-refractivity contribution in [2.75, 3.05) is 5.73 Å². The van der Waals surface area contributed by atoms with E-state index in [-0.39, 0.29) is 17.6 Å². The summed E-state index contributed by atoms with van der Waals surface area (Å²) in [5, 5.41) is 2.77. The van der Waals surface area contributed by atoms with Gasteiger partial charge in [0.25, 0.3) is 0 Å². The van der Waals surface area contributed by atoms with Gasteiger partial charge in [0, 0.05) is 12.6 Å². The predicted molar refractivity (Wildman–Crippen MR) is 110 cm³/mol. The maximum Gasteiger partial charge on any atom is 0.237 e. The zero-order valence-corrected chi connectivity index (χ0v) is 16.2. The molecule has 3 rings (SSSR count). The van der Waals surface area contributed by atoms with Crippen molar-refractivity contribution in [2.24, 2.45) is 5.73 Å². The first-order chi connectivity index (χ1) is 13.5. The number of aryl methyl sites for hydroxylation is 1. The minimum atomic E-state index is -0.631. The van der Waals surface area contributed by atoms with Crippen LogP contribution in [0, 0.1) is 0 Å². The molecule has 1 aliphatic carbocycles. The minimum absolute atomic E-state index is 0.0110. The Balaban J connectivity index is 1.49. The third kappa shape index (κ3) is 4.75. The van der Waals surface area contributed by atoms with Gasteiger partial charge in [-0.25, -0.2) is 4.98 Å². The fraction of sp³-hybridized carbons (Fsp3) is 0.409. The molecule has 0 spiro atoms. The van der Waals surface area contributed by atoms with Crippen LogP contribution >= 0.6 is 0 Å². The summed E-state index contributed by atoms with van der Waals surface area (Å²) >= 11 is 0. The molecule has 0 aliphatic heterocycles. The highest BCUT2D eigenvalue weighted by Gasteiger charge is 2.29. The van der Waals surface area contributed by atoms with Crippen molar-refractivity contribution < 1.29 is 9.59 Å². The maximum absolute atomic E-state index is 12.6. The molecule has 0 bridgehead atoms. The number of carbonyl (C=O) groups is 2. The molecule has 0 saturated heterocycles. The second-order valence-corrected chi connectivity index (χ2v) is 7.53. The molecular weight excluding hydrogens is 352 g/mol. The number of anilines is 1. The van der Waals surface area contributed by atoms with Crippen LogP contribution in [-0.4, -0.2) is 28.8 Å². The standard InChI is InChI=1S/C22H28N4O2/c1-14(26-22(28)19(23)10-7-15-5-3-2-4-6-15)20(27)13-16-8-9-18-17(16)11-12-25-21(18)24/h2-6,11-12,14,16,19H,7-10,13,23H2,1H3,(H2,24,25)(H,26,28)/t14-,16-,19+/m0/s1. The Morgan fingerprint density at radius 1 is 1.25 bits per heavy atom. The van der Waals surface area contributed by atoms with Crippen LogP contribution in [0.1, 0.15) is 48.8 Å². The van der Waals surface area contributed by atoms with Gasteiger partial charge in [-0.2, -0.15) is 0 Å². The number of nitrogen functional groups attached to an aromatic ring is 1. The number of Topliss-reactive ketones (excluding diaryl/α,β-unsaturated/α-hetero) is 1. The fourth-order valence-electron chi connectivity index (χ4n) is 3.78. The highest BCUT2D eigenvalue weighted by Crippen LogP contribution is 2.37. The van der Waals surface area contributed by atoms with Crippen molar-refractivity contribution in [1.82, 2.24) is 10.3 Å². The summed E-state index contributed by atoms with van der Waals surface area (Å²) in [6.45, 7) is 1.72. The molecule has 5 N–H and O–H groups in total. The van der Waals surface area contributed by atoms with Gasteiger partial charge in [-0.1, -0.05) is 30.3 Å². The van der Waals surface area contributed by atoms with Crippen molar-refractivity contribution in [3.8, 4) is 0 Å². The summed E-state index contributed by atoms with van der Waals surface area (Å²) < 4.78 is 0. The number of amides is 1. The first kappa shape index (κ1) is 20.0. The molecule has 0 radical (unpaired) electrons. The number of benzene rings is 1. The third-order valence-electron chi connectivity index (χ3n) is 5.52. The third-order valence-corrected chi connectivity index (χ3v) is 5.52. The van der Waals surface area contributed by atoms with Crippen LogP contribution < -0.4 is 16.8 Å². The van der Waals surface area contributed by atoms with E-state index in [1.165, 1.54) is 0 Å². The summed E-state index contributed by atoms with van der Waals surface area (Å²) in [7, 11) is 0. The number of hydrogen-bond donors (Lipinski definition) is 3. The molecule has 1 heterocycles. The molecule has 2 aromatic rings. The number of pyridine rings is 1. The topological polar surface area (TPSA) is 111 Å². The summed E-state index contributed by atoms with van der Waals surface area (Å²) in [5.74, 6) is 0.422. The molecule has 6 heteroatoms. The Labute approximate surface area is 165 Å². The Kier molecular flexibility index (Phi) is 6.41. The van der Waals surface area contributed by atoms with Crippen LogP contribution in [-0.2, 0) is 22.4 Å². The lowest BCUT2D eigenvalue weighted by molar-refractivity contribution is -0.128. The average Bonchev–Trinajstić information content (AvgIpc) is 3.11. The zero-order chi connectivity index (χ0) is 20.1. The molecule has 6 nitrogen and oxygen atoms in total. The van der Waals surface area contributed by atoms with Crippen molar-refractivity contribution in [2.45, 2.75) is 57.0 Å². The zero-order valence-electron chi connectivity index (χ0n) is 16.2. The number of ketones is 1. The summed E-state index contributed by atoms with van der Waals surface area (Å²) in [4.78, 5) is 29.1. The molecule has 28 heavy (non-hydrogen) atoms. The van der Waals surface area contributed by atoms with E-state index in [0.717, 1.165) is 36.0 Å². The van der Waals surface area contributed by atoms with E-state index in [9.17, 15) is 9.59 Å². The van der Waals surface area contributed by atoms with E-state index in [1.54, 1.807) is 13.1 Å². The van der Waals surface area contributed by atoms with Crippen molar-refractivity contribution in [3.05, 3.63) is 59.3 Å². The first-order valence-corrected chi connectivity index (χ1v) is 9.81. The highest BCUT2D eigenvalue weighted by molar-refractivity contribution is 5.91. The van der Waals surface area contributed by atoms with Gasteiger partial charge < -0.3 is 16.8 Å². The van der Waals surface area contributed by atoms with Crippen LogP contribution in [0.25, 0.3) is 0 Å². The quantitative estimate of drug-likeness (QED) is 0.649. The van der Waals surface area contributed by atoms with Crippen molar-refractivity contribution >= 4 is 17.5 Å². The number of fused-ring (bicyclic) bond motifs is 1. The lowest BCUT2D eigenvalue weighted by atomic mass is 9.94. The van der Waals surface area contributed by atoms with Gasteiger partial charge in [0.2, 0.25) is 5.91 Å². The molecule has 0 unspecified atom stereocenters. The Bertz CT molecular complexity index is 838. The summed E-state index contributed by atoms with van der Waals surface area (Å²) in [6, 6.07) is 10.7. The molecule has 1 aliphatic rings. The molecule has 3 atom stereocenters. The molecule has 1 aromatic heterocycles. The van der Waals surface area contributed by atoms with Gasteiger partial charge in [-0.05, 0) is 61.3 Å². The first-order valence-electron chi connectivity index (χ1n) is 9.81. The Morgan fingerprint density at radius 3 is 2.75 bits per heavy atom. The van der Waals surface area contributed by atoms with E-state index >= 15 is 0 Å². The number of nitrogens with two attached hydrogens (primary N) is 2. The van der Waals surface area contributed by atoms with Crippen LogP contribution in [0.2, 0.25) is 0 Å². The second-order valence-electron chi connectivity index (χ2n) is 7.53. The van der Waals surface area contributed by atoms with Crippen LogP contribution in [0.4, 0.5) is 5.82 Å². The average molecular weight is 380 g/mol. The molecule has 0 fully saturated rings. The molecule has 0 saturated carbocycles. The molecule has 148 valence electrons. The van der Waals surface area contributed by atoms with Crippen molar-refractivity contribution in [1.29, 1.82) is 0 Å². The van der Waals surface area contributed by atoms with Crippen LogP contribution in [0.5, 0.6) is 0 Å². The summed E-state index contributed by atoms with van der Waals surface area (Å²) in [5.41, 5.74) is 15.2. The van der Waals surface area contributed by atoms with Gasteiger partial charge >= 0.3 is 0 Å². The number of aromatic nitrogens is 1. The van der Waals surface area contributed by atoms with Gasteiger partial charge in [0.05, 0.1) is 12.1 Å². The van der Waals surface area contributed by atoms with E-state index in [1.807, 2.05) is 36.4 Å². The molecule has 1 aromatic carbocycles. The lowest BCUT2D eigenvalue weighted by Gasteiger charge is -2.19. The largest absolute Gasteiger partial charge is 0.383 e. The number of hydrogen-bond acceptors (Lipinski definition) is 5. The maximum atomic E-state index is 12.6. The number of rotatable bonds is 8. The van der Waals surface area contributed by atoms with Crippen LogP contribution in [0.15, 0.2) is 42.6 Å². The number of nitrogens with one attached hydrogen (secondary N) is 1. The van der Waals surface area contributed by atoms with Crippen molar-refractivity contribution in [3.63, 3.8) is 0 Å². The van der Waals surface area contributed by atoms with Gasteiger partial charge in [-0.15, -0.1) is 0 Å². The smallest absolute Gasteiger partial charge is 0.237 e. The van der Waals surface area contributed by atoms with E-state index < -0.39 is 12.1 Å². The Hall–Kier alpha value is -2.73. The minimum Gasteiger partial charge on any atom is -0.383 e. The van der Waals surface area contributed by atoms with Gasteiger partial charge in [0.1, 0.15) is 5.82 Å². The van der Waals surface area contributed by atoms with Gasteiger partial charge in [-0.3, -0.25) is 9.59 Å².